The molecule has 0 saturated carbocycles. The summed E-state index contributed by atoms with van der Waals surface area (Å²) in [5.41, 5.74) is 0. The van der Waals surface area contributed by atoms with Crippen LogP contribution in [-0.2, 0) is 0 Å². The predicted molar refractivity (Wildman–Crippen MR) is 54.6 cm³/mol. The van der Waals surface area contributed by atoms with Crippen molar-refractivity contribution < 1.29 is 0 Å². The smallest absolute Gasteiger partial charge is 0.184 e. The zero-order valence-electron chi connectivity index (χ0n) is 6.35. The molecule has 2 heterocycles. The van der Waals surface area contributed by atoms with Crippen molar-refractivity contribution in [3.05, 3.63) is 34.1 Å². The molecule has 0 fully saturated rings. The number of halogens is 2. The Morgan fingerprint density at radius 3 is 2.69 bits per heavy atom. The first-order chi connectivity index (χ1) is 6.27. The summed E-state index contributed by atoms with van der Waals surface area (Å²) in [4.78, 5) is 12.0. The van der Waals surface area contributed by atoms with Crippen LogP contribution in [0.3, 0.4) is 0 Å². The summed E-state index contributed by atoms with van der Waals surface area (Å²) in [6.07, 6.45) is 5.00. The Labute approximate surface area is 91.3 Å². The Kier molecular flexibility index (Phi) is 2.41. The molecule has 0 atom stereocenters. The molecular weight excluding hydrogens is 300 g/mol. The van der Waals surface area contributed by atoms with Crippen molar-refractivity contribution in [1.82, 2.24) is 19.5 Å². The van der Waals surface area contributed by atoms with E-state index in [1.54, 1.807) is 12.3 Å². The number of hydrogen-bond acceptors (Lipinski definition) is 3. The van der Waals surface area contributed by atoms with Crippen LogP contribution < -0.4 is 0 Å². The zero-order valence-corrected chi connectivity index (χ0v) is 9.53. The van der Waals surface area contributed by atoms with Gasteiger partial charge in [0, 0.05) is 12.4 Å². The van der Waals surface area contributed by atoms with E-state index in [2.05, 4.69) is 46.8 Å². The van der Waals surface area contributed by atoms with Gasteiger partial charge >= 0.3 is 0 Å². The van der Waals surface area contributed by atoms with Gasteiger partial charge in [-0.25, -0.2) is 15.0 Å². The maximum absolute atomic E-state index is 4.12. The topological polar surface area (TPSA) is 43.6 Å². The molecule has 66 valence electrons. The molecule has 2 rings (SSSR count). The van der Waals surface area contributed by atoms with Crippen LogP contribution in [0, 0.1) is 0 Å². The summed E-state index contributed by atoms with van der Waals surface area (Å²) >= 11 is 6.59. The lowest BCUT2D eigenvalue weighted by Gasteiger charge is -1.99. The standard InChI is InChI=1S/C7H4Br2N4/c8-5-3-13(7(9)12-5)6-1-2-10-4-11-6/h1-4H. The largest absolute Gasteiger partial charge is 0.277 e. The van der Waals surface area contributed by atoms with E-state index in [4.69, 9.17) is 0 Å². The maximum Gasteiger partial charge on any atom is 0.184 e. The van der Waals surface area contributed by atoms with Crippen LogP contribution in [-0.4, -0.2) is 19.5 Å². The Bertz CT molecular complexity index is 412. The lowest BCUT2D eigenvalue weighted by molar-refractivity contribution is 0.943. The normalized spacial score (nSPS) is 10.3. The second-order valence-electron chi connectivity index (χ2n) is 2.27. The third kappa shape index (κ3) is 1.78. The van der Waals surface area contributed by atoms with Crippen molar-refractivity contribution in [3.8, 4) is 5.82 Å². The second-order valence-corrected chi connectivity index (χ2v) is 3.79. The molecule has 0 radical (unpaired) electrons. The highest BCUT2D eigenvalue weighted by Gasteiger charge is 2.04. The number of aromatic nitrogens is 4. The van der Waals surface area contributed by atoms with Crippen molar-refractivity contribution >= 4 is 31.9 Å². The summed E-state index contributed by atoms with van der Waals surface area (Å²) in [7, 11) is 0. The highest BCUT2D eigenvalue weighted by Crippen LogP contribution is 2.18. The van der Waals surface area contributed by atoms with E-state index in [-0.39, 0.29) is 0 Å². The van der Waals surface area contributed by atoms with Crippen LogP contribution in [0.2, 0.25) is 0 Å². The molecule has 2 aromatic heterocycles. The summed E-state index contributed by atoms with van der Waals surface area (Å²) in [6.45, 7) is 0. The summed E-state index contributed by atoms with van der Waals surface area (Å²) < 4.78 is 3.28. The van der Waals surface area contributed by atoms with Gasteiger partial charge in [0.15, 0.2) is 4.73 Å². The van der Waals surface area contributed by atoms with Crippen LogP contribution in [0.4, 0.5) is 0 Å². The number of imidazole rings is 1. The highest BCUT2D eigenvalue weighted by molar-refractivity contribution is 9.11. The molecule has 0 aromatic carbocycles. The third-order valence-corrected chi connectivity index (χ3v) is 2.39. The first-order valence-electron chi connectivity index (χ1n) is 3.44. The highest BCUT2D eigenvalue weighted by atomic mass is 79.9. The molecule has 0 N–H and O–H groups in total. The number of rotatable bonds is 1. The fourth-order valence-corrected chi connectivity index (χ4v) is 2.00. The first-order valence-corrected chi connectivity index (χ1v) is 5.03. The van der Waals surface area contributed by atoms with Gasteiger partial charge in [0.1, 0.15) is 16.7 Å². The van der Waals surface area contributed by atoms with Crippen LogP contribution in [0.25, 0.3) is 5.82 Å². The molecule has 0 unspecified atom stereocenters. The van der Waals surface area contributed by atoms with E-state index < -0.39 is 0 Å². The number of hydrogen-bond donors (Lipinski definition) is 0. The maximum atomic E-state index is 4.12. The van der Waals surface area contributed by atoms with E-state index in [0.29, 0.717) is 4.73 Å². The van der Waals surface area contributed by atoms with Gasteiger partial charge < -0.3 is 0 Å². The average Bonchev–Trinajstić information content (AvgIpc) is 2.47. The lowest BCUT2D eigenvalue weighted by Crippen LogP contribution is -1.95. The Morgan fingerprint density at radius 2 is 2.15 bits per heavy atom. The van der Waals surface area contributed by atoms with E-state index in [1.165, 1.54) is 6.33 Å². The van der Waals surface area contributed by atoms with Crippen molar-refractivity contribution in [3.63, 3.8) is 0 Å². The Morgan fingerprint density at radius 1 is 1.31 bits per heavy atom. The van der Waals surface area contributed by atoms with Crippen LogP contribution in [0.15, 0.2) is 34.1 Å². The Hall–Kier alpha value is -0.750. The van der Waals surface area contributed by atoms with Crippen LogP contribution in [0.1, 0.15) is 0 Å². The van der Waals surface area contributed by atoms with Crippen molar-refractivity contribution in [1.29, 1.82) is 0 Å². The molecule has 6 heteroatoms. The molecule has 4 nitrogen and oxygen atoms in total. The molecule has 0 spiro atoms. The monoisotopic (exact) mass is 302 g/mol. The van der Waals surface area contributed by atoms with E-state index in [1.807, 2.05) is 10.8 Å². The van der Waals surface area contributed by atoms with Gasteiger partial charge in [-0.15, -0.1) is 0 Å². The van der Waals surface area contributed by atoms with Crippen molar-refractivity contribution in [2.75, 3.05) is 0 Å². The Balaban J connectivity index is 2.53. The SMILES string of the molecule is Brc1cn(-c2ccncn2)c(Br)n1. The molecule has 0 aliphatic carbocycles. The molecule has 2 aromatic rings. The fraction of sp³-hybridized carbons (Fsp3) is 0. The second kappa shape index (κ2) is 3.55. The predicted octanol–water partition coefficient (Wildman–Crippen LogP) is 2.19. The first kappa shape index (κ1) is 8.83. The van der Waals surface area contributed by atoms with Gasteiger partial charge in [-0.1, -0.05) is 0 Å². The minimum Gasteiger partial charge on any atom is -0.277 e. The summed E-state index contributed by atoms with van der Waals surface area (Å²) in [5, 5.41) is 0. The molecule has 0 saturated heterocycles. The van der Waals surface area contributed by atoms with E-state index in [0.717, 1.165) is 10.4 Å². The van der Waals surface area contributed by atoms with Gasteiger partial charge in [-0.05, 0) is 37.9 Å². The zero-order chi connectivity index (χ0) is 9.26. The third-order valence-electron chi connectivity index (χ3n) is 1.45. The average molecular weight is 304 g/mol. The minimum absolute atomic E-state index is 0.707. The molecule has 0 aliphatic rings. The van der Waals surface area contributed by atoms with Crippen molar-refractivity contribution in [2.24, 2.45) is 0 Å². The van der Waals surface area contributed by atoms with Gasteiger partial charge in [-0.3, -0.25) is 4.57 Å². The molecular formula is C7H4Br2N4. The fourth-order valence-electron chi connectivity index (χ4n) is 0.918. The quantitative estimate of drug-likeness (QED) is 0.811. The van der Waals surface area contributed by atoms with Crippen LogP contribution in [0.5, 0.6) is 0 Å². The lowest BCUT2D eigenvalue weighted by atomic mass is 10.6. The van der Waals surface area contributed by atoms with Gasteiger partial charge in [0.05, 0.1) is 0 Å². The number of nitrogens with zero attached hydrogens (tertiary/aromatic N) is 4. The van der Waals surface area contributed by atoms with Gasteiger partial charge in [0.25, 0.3) is 0 Å². The summed E-state index contributed by atoms with van der Waals surface area (Å²) in [6, 6.07) is 1.80. The van der Waals surface area contributed by atoms with Crippen molar-refractivity contribution in [2.45, 2.75) is 0 Å². The molecule has 0 bridgehead atoms. The van der Waals surface area contributed by atoms with E-state index >= 15 is 0 Å². The van der Waals surface area contributed by atoms with E-state index in [9.17, 15) is 0 Å². The minimum atomic E-state index is 0.707. The van der Waals surface area contributed by atoms with Gasteiger partial charge in [0.2, 0.25) is 0 Å². The summed E-state index contributed by atoms with van der Waals surface area (Å²) in [5.74, 6) is 0.778. The van der Waals surface area contributed by atoms with Gasteiger partial charge in [-0.2, -0.15) is 0 Å². The molecule has 13 heavy (non-hydrogen) atoms. The molecule has 0 amide bonds. The van der Waals surface area contributed by atoms with Crippen LogP contribution >= 0.6 is 31.9 Å². The molecule has 0 aliphatic heterocycles.